The van der Waals surface area contributed by atoms with Gasteiger partial charge in [0.1, 0.15) is 5.75 Å². The van der Waals surface area contributed by atoms with Crippen molar-refractivity contribution in [2.24, 2.45) is 0 Å². The van der Waals surface area contributed by atoms with Crippen LogP contribution in [-0.4, -0.2) is 27.2 Å². The minimum Gasteiger partial charge on any atom is -0.483 e. The van der Waals surface area contributed by atoms with Crippen LogP contribution in [0.4, 0.5) is 5.69 Å². The van der Waals surface area contributed by atoms with Gasteiger partial charge >= 0.3 is 0 Å². The summed E-state index contributed by atoms with van der Waals surface area (Å²) in [7, 11) is -3.42. The van der Waals surface area contributed by atoms with E-state index in [1.165, 1.54) is 6.07 Å². The molecule has 0 bridgehead atoms. The molecule has 0 fully saturated rings. The van der Waals surface area contributed by atoms with Crippen LogP contribution in [0, 0.1) is 13.8 Å². The molecule has 0 saturated heterocycles. The summed E-state index contributed by atoms with van der Waals surface area (Å²) in [5, 5.41) is 2.58. The van der Waals surface area contributed by atoms with E-state index in [-0.39, 0.29) is 17.2 Å². The molecule has 2 aromatic carbocycles. The minimum atomic E-state index is -3.42. The maximum atomic E-state index is 12.1. The number of nitrogens with one attached hydrogen (secondary N) is 1. The molecule has 1 N–H and O–H groups in total. The van der Waals surface area contributed by atoms with Gasteiger partial charge in [0.2, 0.25) is 0 Å². The van der Waals surface area contributed by atoms with Crippen LogP contribution in [0.25, 0.3) is 0 Å². The van der Waals surface area contributed by atoms with Gasteiger partial charge in [-0.15, -0.1) is 0 Å². The van der Waals surface area contributed by atoms with Gasteiger partial charge in [-0.3, -0.25) is 4.79 Å². The van der Waals surface area contributed by atoms with E-state index in [9.17, 15) is 13.2 Å². The highest BCUT2D eigenvalue weighted by Crippen LogP contribution is 2.23. The number of aryl methyl sites for hydroxylation is 2. The fourth-order valence-electron chi connectivity index (χ4n) is 2.24. The highest BCUT2D eigenvalue weighted by molar-refractivity contribution is 7.90. The number of carbonyl (C=O) groups excluding carboxylic acids is 1. The molecule has 0 aromatic heterocycles. The second-order valence-corrected chi connectivity index (χ2v) is 7.31. The Morgan fingerprint density at radius 2 is 1.65 bits per heavy atom. The van der Waals surface area contributed by atoms with Crippen LogP contribution in [0.15, 0.2) is 47.4 Å². The van der Waals surface area contributed by atoms with Crippen molar-refractivity contribution in [3.8, 4) is 5.75 Å². The van der Waals surface area contributed by atoms with Crippen molar-refractivity contribution in [3.05, 3.63) is 53.6 Å². The summed E-state index contributed by atoms with van der Waals surface area (Å²) in [6.07, 6.45) is 1.10. The molecule has 1 amide bonds. The van der Waals surface area contributed by atoms with Gasteiger partial charge in [0.05, 0.1) is 10.6 Å². The van der Waals surface area contributed by atoms with Crippen LogP contribution in [0.5, 0.6) is 5.75 Å². The molecule has 6 heteroatoms. The summed E-state index contributed by atoms with van der Waals surface area (Å²) in [5.41, 5.74) is 2.13. The van der Waals surface area contributed by atoms with Crippen LogP contribution >= 0.6 is 0 Å². The first-order valence-corrected chi connectivity index (χ1v) is 8.96. The number of hydrogen-bond acceptors (Lipinski definition) is 4. The molecule has 23 heavy (non-hydrogen) atoms. The van der Waals surface area contributed by atoms with Gasteiger partial charge in [-0.1, -0.05) is 30.3 Å². The van der Waals surface area contributed by atoms with Gasteiger partial charge in [-0.2, -0.15) is 0 Å². The number of hydrogen-bond donors (Lipinski definition) is 1. The predicted octanol–water partition coefficient (Wildman–Crippen LogP) is 2.72. The number of para-hydroxylation sites is 2. The number of rotatable bonds is 5. The van der Waals surface area contributed by atoms with Crippen LogP contribution < -0.4 is 10.1 Å². The Labute approximate surface area is 136 Å². The van der Waals surface area contributed by atoms with Crippen molar-refractivity contribution in [3.63, 3.8) is 0 Å². The zero-order chi connectivity index (χ0) is 17.0. The molecule has 2 rings (SSSR count). The second kappa shape index (κ2) is 6.83. The molecule has 2 aromatic rings. The summed E-state index contributed by atoms with van der Waals surface area (Å²) < 4.78 is 29.0. The average molecular weight is 333 g/mol. The summed E-state index contributed by atoms with van der Waals surface area (Å²) >= 11 is 0. The van der Waals surface area contributed by atoms with Crippen LogP contribution in [0.2, 0.25) is 0 Å². The summed E-state index contributed by atoms with van der Waals surface area (Å²) in [4.78, 5) is 12.1. The van der Waals surface area contributed by atoms with Crippen molar-refractivity contribution >= 4 is 21.4 Å². The second-order valence-electron chi connectivity index (χ2n) is 5.33. The molecule has 0 saturated carbocycles. The number of ether oxygens (including phenoxy) is 1. The minimum absolute atomic E-state index is 0.0837. The lowest BCUT2D eigenvalue weighted by Gasteiger charge is -2.13. The predicted molar refractivity (Wildman–Crippen MR) is 89.6 cm³/mol. The van der Waals surface area contributed by atoms with Gasteiger partial charge in [0.25, 0.3) is 5.91 Å². The molecule has 0 heterocycles. The van der Waals surface area contributed by atoms with E-state index < -0.39 is 15.7 Å². The molecule has 0 atom stereocenters. The monoisotopic (exact) mass is 333 g/mol. The number of benzene rings is 2. The van der Waals surface area contributed by atoms with Crippen LogP contribution in [0.1, 0.15) is 11.1 Å². The molecule has 0 aliphatic rings. The summed E-state index contributed by atoms with van der Waals surface area (Å²) in [5.74, 6) is 0.253. The van der Waals surface area contributed by atoms with Gasteiger partial charge in [-0.05, 0) is 37.1 Å². The van der Waals surface area contributed by atoms with E-state index in [1.54, 1.807) is 18.2 Å². The Balaban J connectivity index is 2.10. The average Bonchev–Trinajstić information content (AvgIpc) is 2.46. The highest BCUT2D eigenvalue weighted by Gasteiger charge is 2.15. The fourth-order valence-corrected chi connectivity index (χ4v) is 3.09. The van der Waals surface area contributed by atoms with Crippen molar-refractivity contribution in [2.75, 3.05) is 18.2 Å². The van der Waals surface area contributed by atoms with Crippen molar-refractivity contribution in [1.82, 2.24) is 0 Å². The SMILES string of the molecule is Cc1cccc(C)c1OCC(=O)Nc1ccccc1S(C)(=O)=O. The van der Waals surface area contributed by atoms with Crippen LogP contribution in [-0.2, 0) is 14.6 Å². The molecule has 0 spiro atoms. The van der Waals surface area contributed by atoms with Gasteiger partial charge < -0.3 is 10.1 Å². The van der Waals surface area contributed by atoms with Gasteiger partial charge in [0, 0.05) is 6.26 Å². The molecular formula is C17H19NO4S. The van der Waals surface area contributed by atoms with Gasteiger partial charge in [0.15, 0.2) is 16.4 Å². The molecule has 0 aliphatic heterocycles. The normalized spacial score (nSPS) is 11.1. The Kier molecular flexibility index (Phi) is 5.05. The lowest BCUT2D eigenvalue weighted by Crippen LogP contribution is -2.21. The molecule has 5 nitrogen and oxygen atoms in total. The van der Waals surface area contributed by atoms with Gasteiger partial charge in [-0.25, -0.2) is 8.42 Å². The van der Waals surface area contributed by atoms with E-state index in [0.717, 1.165) is 17.4 Å². The lowest BCUT2D eigenvalue weighted by atomic mass is 10.1. The standard InChI is InChI=1S/C17H19NO4S/c1-12-7-6-8-13(2)17(12)22-11-16(19)18-14-9-4-5-10-15(14)23(3,20)21/h4-10H,11H2,1-3H3,(H,18,19). The van der Waals surface area contributed by atoms with E-state index in [4.69, 9.17) is 4.74 Å². The zero-order valence-corrected chi connectivity index (χ0v) is 14.1. The third-order valence-electron chi connectivity index (χ3n) is 3.32. The van der Waals surface area contributed by atoms with E-state index in [2.05, 4.69) is 5.32 Å². The quantitative estimate of drug-likeness (QED) is 0.913. The summed E-state index contributed by atoms with van der Waals surface area (Å²) in [6, 6.07) is 12.0. The topological polar surface area (TPSA) is 72.5 Å². The van der Waals surface area contributed by atoms with Crippen molar-refractivity contribution < 1.29 is 17.9 Å². The van der Waals surface area contributed by atoms with E-state index in [1.807, 2.05) is 32.0 Å². The summed E-state index contributed by atoms with van der Waals surface area (Å²) in [6.45, 7) is 3.61. The highest BCUT2D eigenvalue weighted by atomic mass is 32.2. The molecule has 0 aliphatic carbocycles. The van der Waals surface area contributed by atoms with Crippen molar-refractivity contribution in [2.45, 2.75) is 18.7 Å². The Bertz CT molecular complexity index is 808. The third kappa shape index (κ3) is 4.32. The molecule has 0 radical (unpaired) electrons. The maximum Gasteiger partial charge on any atom is 0.262 e. The number of anilines is 1. The molecular weight excluding hydrogens is 314 g/mol. The number of sulfone groups is 1. The molecule has 122 valence electrons. The lowest BCUT2D eigenvalue weighted by molar-refractivity contribution is -0.118. The fraction of sp³-hybridized carbons (Fsp3) is 0.235. The maximum absolute atomic E-state index is 12.1. The third-order valence-corrected chi connectivity index (χ3v) is 4.47. The van der Waals surface area contributed by atoms with Crippen molar-refractivity contribution in [1.29, 1.82) is 0 Å². The first kappa shape index (κ1) is 17.0. The number of carbonyl (C=O) groups is 1. The smallest absolute Gasteiger partial charge is 0.262 e. The first-order valence-electron chi connectivity index (χ1n) is 7.07. The largest absolute Gasteiger partial charge is 0.483 e. The van der Waals surface area contributed by atoms with E-state index in [0.29, 0.717) is 5.75 Å². The molecule has 0 unspecified atom stereocenters. The Hall–Kier alpha value is -2.34. The Morgan fingerprint density at radius 3 is 2.26 bits per heavy atom. The van der Waals surface area contributed by atoms with E-state index >= 15 is 0 Å². The zero-order valence-electron chi connectivity index (χ0n) is 13.3. The Morgan fingerprint density at radius 1 is 1.04 bits per heavy atom. The number of amides is 1. The van der Waals surface area contributed by atoms with Crippen LogP contribution in [0.3, 0.4) is 0 Å². The first-order chi connectivity index (χ1) is 10.8.